The van der Waals surface area contributed by atoms with Crippen molar-refractivity contribution in [1.29, 1.82) is 0 Å². The lowest BCUT2D eigenvalue weighted by Crippen LogP contribution is -2.47. The molecule has 150 valence electrons. The van der Waals surface area contributed by atoms with Crippen molar-refractivity contribution in [3.8, 4) is 0 Å². The molecule has 0 saturated heterocycles. The van der Waals surface area contributed by atoms with Gasteiger partial charge in [0.15, 0.2) is 0 Å². The van der Waals surface area contributed by atoms with Crippen LogP contribution in [0.4, 0.5) is 0 Å². The SMILES string of the molecule is C.C/C=C(C)\C=C/CC.C[C@]12Cc3ccccc3C1C[C@@H]2C1CCCCC1. The van der Waals surface area contributed by atoms with Gasteiger partial charge in [0.1, 0.15) is 0 Å². The molecule has 0 spiro atoms. The number of fused-ring (bicyclic) bond motifs is 3. The Hall–Kier alpha value is -1.30. The van der Waals surface area contributed by atoms with E-state index in [0.29, 0.717) is 5.41 Å². The van der Waals surface area contributed by atoms with Crippen molar-refractivity contribution in [2.24, 2.45) is 17.3 Å². The van der Waals surface area contributed by atoms with Crippen LogP contribution >= 0.6 is 0 Å². The summed E-state index contributed by atoms with van der Waals surface area (Å²) in [5.74, 6) is 2.96. The first-order chi connectivity index (χ1) is 12.6. The zero-order chi connectivity index (χ0) is 18.6. The summed E-state index contributed by atoms with van der Waals surface area (Å²) in [4.78, 5) is 0. The van der Waals surface area contributed by atoms with Gasteiger partial charge in [-0.2, -0.15) is 0 Å². The molecular formula is C27H42. The number of benzene rings is 1. The topological polar surface area (TPSA) is 0 Å². The van der Waals surface area contributed by atoms with E-state index in [1.165, 1.54) is 50.5 Å². The number of hydrogen-bond acceptors (Lipinski definition) is 0. The summed E-state index contributed by atoms with van der Waals surface area (Å²) in [7, 11) is 0. The average Bonchev–Trinajstić information content (AvgIpc) is 2.89. The van der Waals surface area contributed by atoms with Crippen molar-refractivity contribution in [2.75, 3.05) is 0 Å². The summed E-state index contributed by atoms with van der Waals surface area (Å²) in [6.45, 7) is 8.88. The number of hydrogen-bond donors (Lipinski definition) is 0. The minimum atomic E-state index is 0. The fourth-order valence-electron chi connectivity index (χ4n) is 5.74. The van der Waals surface area contributed by atoms with Crippen molar-refractivity contribution >= 4 is 0 Å². The largest absolute Gasteiger partial charge is 0.0847 e. The highest BCUT2D eigenvalue weighted by atomic mass is 14.6. The Morgan fingerprint density at radius 1 is 1.15 bits per heavy atom. The van der Waals surface area contributed by atoms with Gasteiger partial charge in [-0.15, -0.1) is 0 Å². The van der Waals surface area contributed by atoms with E-state index in [1.54, 1.807) is 11.1 Å². The fourth-order valence-corrected chi connectivity index (χ4v) is 5.74. The van der Waals surface area contributed by atoms with Gasteiger partial charge in [0.25, 0.3) is 0 Å². The Morgan fingerprint density at radius 3 is 2.52 bits per heavy atom. The van der Waals surface area contributed by atoms with Gasteiger partial charge in [-0.05, 0) is 67.4 Å². The molecule has 0 nitrogen and oxygen atoms in total. The van der Waals surface area contributed by atoms with Crippen LogP contribution in [0.15, 0.2) is 48.1 Å². The lowest BCUT2D eigenvalue weighted by atomic mass is 9.49. The maximum absolute atomic E-state index is 2.58. The molecule has 4 rings (SSSR count). The average molecular weight is 367 g/mol. The number of allylic oxidation sites excluding steroid dienone is 4. The van der Waals surface area contributed by atoms with Gasteiger partial charge in [-0.3, -0.25) is 0 Å². The van der Waals surface area contributed by atoms with Gasteiger partial charge in [0, 0.05) is 0 Å². The first kappa shape index (κ1) is 22.0. The molecule has 0 heteroatoms. The van der Waals surface area contributed by atoms with E-state index >= 15 is 0 Å². The third kappa shape index (κ3) is 4.58. The lowest BCUT2D eigenvalue weighted by molar-refractivity contribution is -0.0267. The zero-order valence-electron chi connectivity index (χ0n) is 17.4. The molecule has 1 aromatic rings. The lowest BCUT2D eigenvalue weighted by Gasteiger charge is -2.55. The van der Waals surface area contributed by atoms with E-state index in [2.05, 4.69) is 70.2 Å². The summed E-state index contributed by atoms with van der Waals surface area (Å²) >= 11 is 0. The van der Waals surface area contributed by atoms with Gasteiger partial charge in [0.05, 0.1) is 0 Å². The van der Waals surface area contributed by atoms with Crippen LogP contribution in [0, 0.1) is 17.3 Å². The Bertz CT molecular complexity index is 644. The highest BCUT2D eigenvalue weighted by Gasteiger charge is 2.57. The third-order valence-corrected chi connectivity index (χ3v) is 7.43. The smallest absolute Gasteiger partial charge is 0.00964 e. The minimum absolute atomic E-state index is 0. The molecule has 27 heavy (non-hydrogen) atoms. The molecule has 0 amide bonds. The molecule has 1 unspecified atom stereocenters. The standard InChI is InChI=1S/C18H24.C8H14.CH4/c1-18-12-14-9-5-6-10-15(14)17(18)11-16(18)13-7-3-2-4-8-13;1-4-6-7-8(3)5-2;/h5-6,9-10,13,16-17H,2-4,7-8,11-12H2,1H3;5-7H,4H2,1-3H3;1H4/b;7-6-,8-5-;/t16-,17?,18-;;/m1../s1. The van der Waals surface area contributed by atoms with E-state index in [1.807, 2.05) is 0 Å². The minimum Gasteiger partial charge on any atom is -0.0847 e. The van der Waals surface area contributed by atoms with Crippen LogP contribution in [0.25, 0.3) is 0 Å². The highest BCUT2D eigenvalue weighted by Crippen LogP contribution is 2.66. The van der Waals surface area contributed by atoms with Gasteiger partial charge in [-0.1, -0.05) is 101 Å². The Kier molecular flexibility index (Phi) is 7.95. The first-order valence-corrected chi connectivity index (χ1v) is 11.0. The molecule has 0 aromatic heterocycles. The normalized spacial score (nSPS) is 29.9. The molecule has 3 atom stereocenters. The summed E-state index contributed by atoms with van der Waals surface area (Å²) in [5.41, 5.74) is 5.30. The summed E-state index contributed by atoms with van der Waals surface area (Å²) in [6.07, 6.45) is 17.9. The molecule has 3 aliphatic rings. The monoisotopic (exact) mass is 366 g/mol. The maximum atomic E-state index is 2.58. The van der Waals surface area contributed by atoms with Crippen LogP contribution in [0.3, 0.4) is 0 Å². The van der Waals surface area contributed by atoms with Crippen molar-refractivity contribution in [2.45, 2.75) is 92.4 Å². The van der Waals surface area contributed by atoms with E-state index in [4.69, 9.17) is 0 Å². The molecule has 2 fully saturated rings. The third-order valence-electron chi connectivity index (χ3n) is 7.43. The van der Waals surface area contributed by atoms with Gasteiger partial charge < -0.3 is 0 Å². The molecule has 3 aliphatic carbocycles. The predicted octanol–water partition coefficient (Wildman–Crippen LogP) is 8.49. The molecular weight excluding hydrogens is 324 g/mol. The molecule has 0 bridgehead atoms. The van der Waals surface area contributed by atoms with Crippen LogP contribution in [-0.2, 0) is 6.42 Å². The van der Waals surface area contributed by atoms with Crippen molar-refractivity contribution in [1.82, 2.24) is 0 Å². The summed E-state index contributed by atoms with van der Waals surface area (Å²) in [6, 6.07) is 9.22. The van der Waals surface area contributed by atoms with Gasteiger partial charge >= 0.3 is 0 Å². The van der Waals surface area contributed by atoms with Crippen molar-refractivity contribution in [3.63, 3.8) is 0 Å². The Balaban J connectivity index is 0.000000252. The van der Waals surface area contributed by atoms with E-state index in [9.17, 15) is 0 Å². The van der Waals surface area contributed by atoms with Gasteiger partial charge in [-0.25, -0.2) is 0 Å². The van der Waals surface area contributed by atoms with Crippen molar-refractivity contribution in [3.05, 3.63) is 59.2 Å². The highest BCUT2D eigenvalue weighted by molar-refractivity contribution is 5.42. The Morgan fingerprint density at radius 2 is 1.85 bits per heavy atom. The second kappa shape index (κ2) is 9.76. The van der Waals surface area contributed by atoms with Crippen LogP contribution < -0.4 is 0 Å². The molecule has 2 saturated carbocycles. The van der Waals surface area contributed by atoms with Crippen LogP contribution in [0.1, 0.15) is 97.1 Å². The van der Waals surface area contributed by atoms with Crippen LogP contribution in [-0.4, -0.2) is 0 Å². The second-order valence-corrected chi connectivity index (χ2v) is 9.02. The molecule has 1 aromatic carbocycles. The molecule has 0 N–H and O–H groups in total. The number of rotatable bonds is 3. The van der Waals surface area contributed by atoms with Crippen molar-refractivity contribution < 1.29 is 0 Å². The van der Waals surface area contributed by atoms with E-state index < -0.39 is 0 Å². The molecule has 0 radical (unpaired) electrons. The second-order valence-electron chi connectivity index (χ2n) is 9.02. The quantitative estimate of drug-likeness (QED) is 0.470. The Labute approximate surface area is 169 Å². The predicted molar refractivity (Wildman–Crippen MR) is 121 cm³/mol. The zero-order valence-corrected chi connectivity index (χ0v) is 17.4. The maximum Gasteiger partial charge on any atom is -0.00964 e. The summed E-state index contributed by atoms with van der Waals surface area (Å²) in [5, 5.41) is 0. The van der Waals surface area contributed by atoms with E-state index in [0.717, 1.165) is 24.2 Å². The summed E-state index contributed by atoms with van der Waals surface area (Å²) < 4.78 is 0. The van der Waals surface area contributed by atoms with Crippen LogP contribution in [0.5, 0.6) is 0 Å². The van der Waals surface area contributed by atoms with Gasteiger partial charge in [0.2, 0.25) is 0 Å². The molecule has 0 aliphatic heterocycles. The van der Waals surface area contributed by atoms with Crippen LogP contribution in [0.2, 0.25) is 0 Å². The van der Waals surface area contributed by atoms with E-state index in [-0.39, 0.29) is 7.43 Å². The fraction of sp³-hybridized carbons (Fsp3) is 0.630. The molecule has 0 heterocycles. The first-order valence-electron chi connectivity index (χ1n) is 11.0.